The Balaban J connectivity index is 2.38. The van der Waals surface area contributed by atoms with Crippen LogP contribution < -0.4 is 15.8 Å². The number of rotatable bonds is 4. The van der Waals surface area contributed by atoms with Gasteiger partial charge >= 0.3 is 0 Å². The van der Waals surface area contributed by atoms with Gasteiger partial charge in [0.05, 0.1) is 19.3 Å². The van der Waals surface area contributed by atoms with Gasteiger partial charge in [-0.15, -0.1) is 0 Å². The summed E-state index contributed by atoms with van der Waals surface area (Å²) in [5, 5.41) is 9.50. The number of aromatic nitrogens is 3. The molecule has 0 spiro atoms. The van der Waals surface area contributed by atoms with Crippen LogP contribution in [-0.2, 0) is 11.3 Å². The van der Waals surface area contributed by atoms with Crippen molar-refractivity contribution in [1.29, 1.82) is 0 Å². The third-order valence-electron chi connectivity index (χ3n) is 2.49. The molecule has 0 bridgehead atoms. The number of methoxy groups -OCH3 is 1. The number of nitrogens with zero attached hydrogens (tertiary/aromatic N) is 2. The van der Waals surface area contributed by atoms with E-state index in [1.165, 1.54) is 6.92 Å². The SMILES string of the molecule is COc1ccc(-c2n[nH]c(CN)n2)cc1NC(C)=O. The van der Waals surface area contributed by atoms with E-state index >= 15 is 0 Å². The van der Waals surface area contributed by atoms with E-state index in [4.69, 9.17) is 10.5 Å². The third-order valence-corrected chi connectivity index (χ3v) is 2.49. The van der Waals surface area contributed by atoms with Crippen LogP contribution in [-0.4, -0.2) is 28.2 Å². The second kappa shape index (κ2) is 5.49. The van der Waals surface area contributed by atoms with Crippen LogP contribution >= 0.6 is 0 Å². The lowest BCUT2D eigenvalue weighted by Gasteiger charge is -2.09. The molecule has 7 nitrogen and oxygen atoms in total. The molecule has 2 aromatic rings. The molecule has 7 heteroatoms. The molecule has 0 fully saturated rings. The zero-order valence-corrected chi connectivity index (χ0v) is 10.7. The van der Waals surface area contributed by atoms with Crippen molar-refractivity contribution in [2.24, 2.45) is 5.73 Å². The molecule has 0 saturated heterocycles. The zero-order valence-electron chi connectivity index (χ0n) is 10.7. The molecule has 2 rings (SSSR count). The predicted molar refractivity (Wildman–Crippen MR) is 70.6 cm³/mol. The molecule has 1 amide bonds. The summed E-state index contributed by atoms with van der Waals surface area (Å²) in [6.07, 6.45) is 0. The van der Waals surface area contributed by atoms with Crippen LogP contribution in [0.1, 0.15) is 12.7 Å². The van der Waals surface area contributed by atoms with Gasteiger partial charge in [-0.25, -0.2) is 4.98 Å². The van der Waals surface area contributed by atoms with Crippen molar-refractivity contribution in [1.82, 2.24) is 15.2 Å². The minimum Gasteiger partial charge on any atom is -0.495 e. The number of benzene rings is 1. The van der Waals surface area contributed by atoms with Gasteiger partial charge in [-0.05, 0) is 18.2 Å². The minimum atomic E-state index is -0.173. The van der Waals surface area contributed by atoms with Crippen LogP contribution in [0.25, 0.3) is 11.4 Å². The fraction of sp³-hybridized carbons (Fsp3) is 0.250. The highest BCUT2D eigenvalue weighted by Crippen LogP contribution is 2.29. The number of ether oxygens (including phenoxy) is 1. The van der Waals surface area contributed by atoms with E-state index in [0.29, 0.717) is 29.6 Å². The molecule has 0 saturated carbocycles. The highest BCUT2D eigenvalue weighted by molar-refractivity contribution is 5.91. The molecule has 1 aromatic carbocycles. The molecule has 100 valence electrons. The number of carbonyl (C=O) groups is 1. The van der Waals surface area contributed by atoms with Crippen LogP contribution in [0, 0.1) is 0 Å². The normalized spacial score (nSPS) is 10.3. The number of nitrogens with two attached hydrogens (primary N) is 1. The quantitative estimate of drug-likeness (QED) is 0.758. The molecule has 1 aromatic heterocycles. The first kappa shape index (κ1) is 13.0. The van der Waals surface area contributed by atoms with Gasteiger partial charge in [0.2, 0.25) is 5.91 Å². The summed E-state index contributed by atoms with van der Waals surface area (Å²) >= 11 is 0. The predicted octanol–water partition coefficient (Wildman–Crippen LogP) is 0.897. The summed E-state index contributed by atoms with van der Waals surface area (Å²) in [5.41, 5.74) is 6.81. The maximum absolute atomic E-state index is 11.2. The smallest absolute Gasteiger partial charge is 0.221 e. The van der Waals surface area contributed by atoms with Gasteiger partial charge in [0.1, 0.15) is 11.6 Å². The van der Waals surface area contributed by atoms with Crippen molar-refractivity contribution >= 4 is 11.6 Å². The highest BCUT2D eigenvalue weighted by Gasteiger charge is 2.10. The highest BCUT2D eigenvalue weighted by atomic mass is 16.5. The molecule has 0 aliphatic heterocycles. The molecular formula is C12H15N5O2. The number of amides is 1. The van der Waals surface area contributed by atoms with E-state index in [1.54, 1.807) is 19.2 Å². The second-order valence-electron chi connectivity index (χ2n) is 3.91. The van der Waals surface area contributed by atoms with Gasteiger partial charge in [-0.1, -0.05) is 0 Å². The number of nitrogens with one attached hydrogen (secondary N) is 2. The van der Waals surface area contributed by atoms with Crippen LogP contribution in [0.15, 0.2) is 18.2 Å². The van der Waals surface area contributed by atoms with E-state index in [1.807, 2.05) is 6.07 Å². The average Bonchev–Trinajstić information content (AvgIpc) is 2.86. The Labute approximate surface area is 110 Å². The minimum absolute atomic E-state index is 0.173. The van der Waals surface area contributed by atoms with Crippen molar-refractivity contribution in [3.05, 3.63) is 24.0 Å². The average molecular weight is 261 g/mol. The van der Waals surface area contributed by atoms with E-state index in [2.05, 4.69) is 20.5 Å². The number of carbonyl (C=O) groups excluding carboxylic acids is 1. The number of anilines is 1. The maximum Gasteiger partial charge on any atom is 0.221 e. The summed E-state index contributed by atoms with van der Waals surface area (Å²) in [6, 6.07) is 5.32. The first-order valence-electron chi connectivity index (χ1n) is 5.71. The van der Waals surface area contributed by atoms with Crippen molar-refractivity contribution in [2.45, 2.75) is 13.5 Å². The summed E-state index contributed by atoms with van der Waals surface area (Å²) in [5.74, 6) is 1.53. The fourth-order valence-electron chi connectivity index (χ4n) is 1.65. The van der Waals surface area contributed by atoms with E-state index in [-0.39, 0.29) is 5.91 Å². The number of H-pyrrole nitrogens is 1. The lowest BCUT2D eigenvalue weighted by molar-refractivity contribution is -0.114. The first-order valence-corrected chi connectivity index (χ1v) is 5.71. The molecule has 4 N–H and O–H groups in total. The molecule has 0 unspecified atom stereocenters. The van der Waals surface area contributed by atoms with Crippen molar-refractivity contribution < 1.29 is 9.53 Å². The van der Waals surface area contributed by atoms with Crippen LogP contribution in [0.2, 0.25) is 0 Å². The molecule has 0 aliphatic carbocycles. The van der Waals surface area contributed by atoms with E-state index in [0.717, 1.165) is 5.56 Å². The van der Waals surface area contributed by atoms with E-state index in [9.17, 15) is 4.79 Å². The van der Waals surface area contributed by atoms with Crippen LogP contribution in [0.5, 0.6) is 5.75 Å². The Hall–Kier alpha value is -2.41. The monoisotopic (exact) mass is 261 g/mol. The lowest BCUT2D eigenvalue weighted by atomic mass is 10.1. The van der Waals surface area contributed by atoms with E-state index < -0.39 is 0 Å². The summed E-state index contributed by atoms with van der Waals surface area (Å²) in [4.78, 5) is 15.4. The third kappa shape index (κ3) is 2.89. The number of hydrogen-bond acceptors (Lipinski definition) is 5. The Morgan fingerprint density at radius 2 is 2.32 bits per heavy atom. The molecule has 19 heavy (non-hydrogen) atoms. The number of hydrogen-bond donors (Lipinski definition) is 3. The number of aromatic amines is 1. The summed E-state index contributed by atoms with van der Waals surface area (Å²) in [6.45, 7) is 1.73. The second-order valence-corrected chi connectivity index (χ2v) is 3.91. The Morgan fingerprint density at radius 3 is 2.89 bits per heavy atom. The fourth-order valence-corrected chi connectivity index (χ4v) is 1.65. The van der Waals surface area contributed by atoms with Gasteiger partial charge in [-0.2, -0.15) is 5.10 Å². The van der Waals surface area contributed by atoms with Gasteiger partial charge in [0, 0.05) is 12.5 Å². The standard InChI is InChI=1S/C12H15N5O2/c1-7(18)14-9-5-8(3-4-10(9)19-2)12-15-11(6-13)16-17-12/h3-5H,6,13H2,1-2H3,(H,14,18)(H,15,16,17). The van der Waals surface area contributed by atoms with Gasteiger partial charge < -0.3 is 15.8 Å². The lowest BCUT2D eigenvalue weighted by Crippen LogP contribution is -2.07. The maximum atomic E-state index is 11.2. The Kier molecular flexibility index (Phi) is 3.76. The summed E-state index contributed by atoms with van der Waals surface area (Å²) < 4.78 is 5.18. The molecule has 1 heterocycles. The van der Waals surface area contributed by atoms with Gasteiger partial charge in [0.25, 0.3) is 0 Å². The molecular weight excluding hydrogens is 246 g/mol. The van der Waals surface area contributed by atoms with Crippen LogP contribution in [0.4, 0.5) is 5.69 Å². The molecule has 0 aliphatic rings. The molecule has 0 atom stereocenters. The topological polar surface area (TPSA) is 106 Å². The van der Waals surface area contributed by atoms with Crippen LogP contribution in [0.3, 0.4) is 0 Å². The van der Waals surface area contributed by atoms with Crippen molar-refractivity contribution in [2.75, 3.05) is 12.4 Å². The summed E-state index contributed by atoms with van der Waals surface area (Å²) in [7, 11) is 1.54. The van der Waals surface area contributed by atoms with Gasteiger partial charge in [-0.3, -0.25) is 9.89 Å². The Bertz CT molecular complexity index is 594. The Morgan fingerprint density at radius 1 is 1.53 bits per heavy atom. The van der Waals surface area contributed by atoms with Crippen molar-refractivity contribution in [3.63, 3.8) is 0 Å². The largest absolute Gasteiger partial charge is 0.495 e. The molecule has 0 radical (unpaired) electrons. The van der Waals surface area contributed by atoms with Gasteiger partial charge in [0.15, 0.2) is 5.82 Å². The zero-order chi connectivity index (χ0) is 13.8. The first-order chi connectivity index (χ1) is 9.13. The van der Waals surface area contributed by atoms with Crippen molar-refractivity contribution in [3.8, 4) is 17.1 Å².